The quantitative estimate of drug-likeness (QED) is 0.271. The summed E-state index contributed by atoms with van der Waals surface area (Å²) in [5, 5.41) is 6.61. The lowest BCUT2D eigenvalue weighted by atomic mass is 9.81. The van der Waals surface area contributed by atoms with Crippen molar-refractivity contribution < 1.29 is 0 Å². The Kier molecular flexibility index (Phi) is 2.77. The summed E-state index contributed by atoms with van der Waals surface area (Å²) < 4.78 is 1.38. The van der Waals surface area contributed by atoms with Crippen LogP contribution in [0.2, 0.25) is 0 Å². The van der Waals surface area contributed by atoms with E-state index in [2.05, 4.69) is 91.6 Å². The predicted molar refractivity (Wildman–Crippen MR) is 126 cm³/mol. The molecule has 0 bridgehead atoms. The van der Waals surface area contributed by atoms with Crippen LogP contribution in [-0.2, 0) is 5.41 Å². The van der Waals surface area contributed by atoms with Gasteiger partial charge in [0.05, 0.1) is 15.7 Å². The Morgan fingerprint density at radius 3 is 2.34 bits per heavy atom. The molecule has 2 heterocycles. The molecular weight excluding hydrogens is 370 g/mol. The van der Waals surface area contributed by atoms with Crippen molar-refractivity contribution in [1.82, 2.24) is 4.98 Å². The average Bonchev–Trinajstić information content (AvgIpc) is 3.38. The van der Waals surface area contributed by atoms with Crippen LogP contribution in [0, 0.1) is 0 Å². The molecule has 1 aliphatic rings. The first-order chi connectivity index (χ1) is 14.1. The summed E-state index contributed by atoms with van der Waals surface area (Å²) in [7, 11) is 0. The van der Waals surface area contributed by atoms with E-state index in [-0.39, 0.29) is 5.41 Å². The minimum absolute atomic E-state index is 0.0383. The number of thiophene rings is 1. The van der Waals surface area contributed by atoms with Gasteiger partial charge in [-0.15, -0.1) is 11.3 Å². The minimum Gasteiger partial charge on any atom is -0.353 e. The van der Waals surface area contributed by atoms with E-state index in [1.165, 1.54) is 64.2 Å². The lowest BCUT2D eigenvalue weighted by molar-refractivity contribution is 0.667. The molecule has 0 unspecified atom stereocenters. The van der Waals surface area contributed by atoms with E-state index in [1.807, 2.05) is 11.3 Å². The molecule has 0 amide bonds. The maximum Gasteiger partial charge on any atom is 0.0646 e. The van der Waals surface area contributed by atoms with Gasteiger partial charge in [0, 0.05) is 26.5 Å². The maximum atomic E-state index is 3.81. The van der Waals surface area contributed by atoms with Crippen LogP contribution in [0.1, 0.15) is 25.0 Å². The number of benzene rings is 4. The molecule has 0 saturated carbocycles. The molecule has 2 heteroatoms. The summed E-state index contributed by atoms with van der Waals surface area (Å²) >= 11 is 1.95. The molecule has 0 aliphatic heterocycles. The predicted octanol–water partition coefficient (Wildman–Crippen LogP) is 8.00. The highest BCUT2D eigenvalue weighted by Crippen LogP contribution is 2.56. The van der Waals surface area contributed by atoms with Crippen molar-refractivity contribution in [3.63, 3.8) is 0 Å². The van der Waals surface area contributed by atoms with Gasteiger partial charge in [0.1, 0.15) is 0 Å². The van der Waals surface area contributed by atoms with Crippen molar-refractivity contribution in [3.05, 3.63) is 83.9 Å². The van der Waals surface area contributed by atoms with Crippen LogP contribution < -0.4 is 0 Å². The highest BCUT2D eigenvalue weighted by Gasteiger charge is 2.38. The van der Waals surface area contributed by atoms with E-state index in [4.69, 9.17) is 0 Å². The minimum atomic E-state index is 0.0383. The van der Waals surface area contributed by atoms with Gasteiger partial charge >= 0.3 is 0 Å². The Labute approximate surface area is 172 Å². The monoisotopic (exact) mass is 389 g/mol. The number of hydrogen-bond donors (Lipinski definition) is 1. The number of rotatable bonds is 0. The topological polar surface area (TPSA) is 15.8 Å². The van der Waals surface area contributed by atoms with Gasteiger partial charge in [0.25, 0.3) is 0 Å². The lowest BCUT2D eigenvalue weighted by Gasteiger charge is -2.21. The zero-order chi connectivity index (χ0) is 19.3. The molecule has 2 aromatic heterocycles. The highest BCUT2D eigenvalue weighted by atomic mass is 32.1. The van der Waals surface area contributed by atoms with Crippen molar-refractivity contribution in [2.24, 2.45) is 0 Å². The summed E-state index contributed by atoms with van der Waals surface area (Å²) in [4.78, 5) is 5.26. The van der Waals surface area contributed by atoms with Crippen molar-refractivity contribution in [1.29, 1.82) is 0 Å². The van der Waals surface area contributed by atoms with Gasteiger partial charge in [-0.05, 0) is 27.5 Å². The van der Waals surface area contributed by atoms with Crippen molar-refractivity contribution in [3.8, 4) is 10.4 Å². The normalized spacial score (nSPS) is 14.8. The van der Waals surface area contributed by atoms with Crippen LogP contribution in [0.4, 0.5) is 0 Å². The fraction of sp³-hybridized carbons (Fsp3) is 0.111. The third-order valence-electron chi connectivity index (χ3n) is 6.80. The van der Waals surface area contributed by atoms with Gasteiger partial charge in [0.2, 0.25) is 0 Å². The first kappa shape index (κ1) is 15.8. The molecule has 1 N–H and O–H groups in total. The van der Waals surface area contributed by atoms with E-state index < -0.39 is 0 Å². The first-order valence-corrected chi connectivity index (χ1v) is 11.0. The molecule has 7 rings (SSSR count). The van der Waals surface area contributed by atoms with Crippen LogP contribution in [0.25, 0.3) is 53.1 Å². The molecule has 1 nitrogen and oxygen atoms in total. The van der Waals surface area contributed by atoms with Crippen LogP contribution in [0.15, 0.2) is 72.8 Å². The van der Waals surface area contributed by atoms with Crippen LogP contribution >= 0.6 is 11.3 Å². The second-order valence-electron chi connectivity index (χ2n) is 8.68. The van der Waals surface area contributed by atoms with Gasteiger partial charge in [-0.25, -0.2) is 0 Å². The second-order valence-corrected chi connectivity index (χ2v) is 9.70. The molecule has 0 radical (unpaired) electrons. The fourth-order valence-electron chi connectivity index (χ4n) is 5.44. The summed E-state index contributed by atoms with van der Waals surface area (Å²) in [6.45, 7) is 4.74. The highest BCUT2D eigenvalue weighted by molar-refractivity contribution is 7.23. The lowest BCUT2D eigenvalue weighted by Crippen LogP contribution is -2.14. The third kappa shape index (κ3) is 1.81. The number of aromatic amines is 1. The molecule has 0 atom stereocenters. The van der Waals surface area contributed by atoms with Crippen molar-refractivity contribution in [2.75, 3.05) is 0 Å². The molecule has 0 saturated heterocycles. The number of hydrogen-bond acceptors (Lipinski definition) is 1. The zero-order valence-corrected chi connectivity index (χ0v) is 17.2. The summed E-state index contributed by atoms with van der Waals surface area (Å²) in [6, 6.07) is 26.7. The number of fused-ring (bicyclic) bond motifs is 11. The van der Waals surface area contributed by atoms with Gasteiger partial charge < -0.3 is 4.98 Å². The number of aromatic nitrogens is 1. The molecule has 138 valence electrons. The number of nitrogens with one attached hydrogen (secondary N) is 1. The smallest absolute Gasteiger partial charge is 0.0646 e. The van der Waals surface area contributed by atoms with Gasteiger partial charge in [0.15, 0.2) is 0 Å². The summed E-state index contributed by atoms with van der Waals surface area (Å²) in [5.41, 5.74) is 6.91. The van der Waals surface area contributed by atoms with Crippen LogP contribution in [0.5, 0.6) is 0 Å². The SMILES string of the molecule is CC1(C)c2ccccc2-c2sc3c(ccc4c5ccc6ccccc6c5[nH]c43)c21. The van der Waals surface area contributed by atoms with Gasteiger partial charge in [-0.3, -0.25) is 0 Å². The Bertz CT molecular complexity index is 1630. The van der Waals surface area contributed by atoms with E-state index in [0.29, 0.717) is 0 Å². The van der Waals surface area contributed by atoms with E-state index in [1.54, 1.807) is 0 Å². The molecule has 0 fully saturated rings. The van der Waals surface area contributed by atoms with E-state index in [0.717, 1.165) is 0 Å². The largest absolute Gasteiger partial charge is 0.353 e. The number of H-pyrrole nitrogens is 1. The molecule has 6 aromatic rings. The Balaban J connectivity index is 1.66. The Morgan fingerprint density at radius 1 is 0.690 bits per heavy atom. The van der Waals surface area contributed by atoms with Gasteiger partial charge in [-0.1, -0.05) is 86.6 Å². The van der Waals surface area contributed by atoms with Gasteiger partial charge in [-0.2, -0.15) is 0 Å². The second kappa shape index (κ2) is 5.08. The van der Waals surface area contributed by atoms with Crippen molar-refractivity contribution >= 4 is 54.0 Å². The standard InChI is InChI=1S/C27H19NS/c1-27(2)21-10-6-5-9-19(21)25-22(27)20-14-13-18-17-12-11-15-7-3-4-8-16(15)23(17)28-24(18)26(20)29-25/h3-14,28H,1-2H3. The maximum absolute atomic E-state index is 3.81. The molecule has 1 aliphatic carbocycles. The van der Waals surface area contributed by atoms with Crippen LogP contribution in [0.3, 0.4) is 0 Å². The van der Waals surface area contributed by atoms with E-state index in [9.17, 15) is 0 Å². The summed E-state index contributed by atoms with van der Waals surface area (Å²) in [5.74, 6) is 0. The van der Waals surface area contributed by atoms with E-state index >= 15 is 0 Å². The zero-order valence-electron chi connectivity index (χ0n) is 16.3. The fourth-order valence-corrected chi connectivity index (χ4v) is 6.94. The average molecular weight is 390 g/mol. The molecule has 4 aromatic carbocycles. The third-order valence-corrected chi connectivity index (χ3v) is 8.05. The Hall–Kier alpha value is -3.10. The molecule has 0 spiro atoms. The first-order valence-electron chi connectivity index (χ1n) is 10.1. The van der Waals surface area contributed by atoms with Crippen molar-refractivity contribution in [2.45, 2.75) is 19.3 Å². The Morgan fingerprint density at radius 2 is 1.41 bits per heavy atom. The molecular formula is C27H19NS. The molecule has 29 heavy (non-hydrogen) atoms. The van der Waals surface area contributed by atoms with Crippen LogP contribution in [-0.4, -0.2) is 4.98 Å². The summed E-state index contributed by atoms with van der Waals surface area (Å²) in [6.07, 6.45) is 0.